The van der Waals surface area contributed by atoms with Crippen LogP contribution in [0.25, 0.3) is 0 Å². The van der Waals surface area contributed by atoms with Crippen LogP contribution in [0.15, 0.2) is 5.10 Å². The number of rotatable bonds is 3. The van der Waals surface area contributed by atoms with Crippen LogP contribution in [0.3, 0.4) is 0 Å². The minimum atomic E-state index is 0.440. The predicted molar refractivity (Wildman–Crippen MR) is 63.4 cm³/mol. The molecule has 0 unspecified atom stereocenters. The fourth-order valence-electron chi connectivity index (χ4n) is 2.40. The molecule has 2 aliphatic rings. The highest BCUT2D eigenvalue weighted by molar-refractivity contribution is 5.78. The molecule has 4 heteroatoms. The second kappa shape index (κ2) is 5.53. The maximum absolute atomic E-state index is 5.65. The van der Waals surface area contributed by atoms with E-state index in [2.05, 4.69) is 17.0 Å². The number of nitrogens with zero attached hydrogens (tertiary/aromatic N) is 2. The topological polar surface area (TPSA) is 34.1 Å². The Balaban J connectivity index is 1.97. The highest BCUT2D eigenvalue weighted by Crippen LogP contribution is 2.21. The smallest absolute Gasteiger partial charge is 0.208 e. The molecule has 2 heterocycles. The van der Waals surface area contributed by atoms with E-state index in [4.69, 9.17) is 9.47 Å². The van der Waals surface area contributed by atoms with Gasteiger partial charge in [0.05, 0.1) is 19.3 Å². The lowest BCUT2D eigenvalue weighted by Gasteiger charge is -2.26. The van der Waals surface area contributed by atoms with Crippen LogP contribution >= 0.6 is 0 Å². The summed E-state index contributed by atoms with van der Waals surface area (Å²) < 4.78 is 10.9. The SMILES string of the molecule is COC[C@@H]1CCCN1/N=C1\OCCC[C@H]1C. The van der Waals surface area contributed by atoms with Gasteiger partial charge in [-0.2, -0.15) is 0 Å². The molecule has 0 N–H and O–H groups in total. The third-order valence-corrected chi connectivity index (χ3v) is 3.39. The van der Waals surface area contributed by atoms with Crippen molar-refractivity contribution in [3.05, 3.63) is 0 Å². The van der Waals surface area contributed by atoms with Crippen molar-refractivity contribution in [3.63, 3.8) is 0 Å². The minimum absolute atomic E-state index is 0.440. The van der Waals surface area contributed by atoms with E-state index in [9.17, 15) is 0 Å². The van der Waals surface area contributed by atoms with Crippen molar-refractivity contribution in [1.29, 1.82) is 0 Å². The van der Waals surface area contributed by atoms with E-state index in [1.54, 1.807) is 7.11 Å². The molecule has 0 aromatic rings. The second-order valence-corrected chi connectivity index (χ2v) is 4.74. The minimum Gasteiger partial charge on any atom is -0.480 e. The molecule has 0 aromatic carbocycles. The molecule has 2 atom stereocenters. The van der Waals surface area contributed by atoms with Gasteiger partial charge in [-0.1, -0.05) is 6.92 Å². The average Bonchev–Trinajstić information content (AvgIpc) is 2.70. The van der Waals surface area contributed by atoms with Gasteiger partial charge in [-0.25, -0.2) is 0 Å². The number of hydrazone groups is 1. The molecule has 0 amide bonds. The normalized spacial score (nSPS) is 33.1. The van der Waals surface area contributed by atoms with E-state index in [1.165, 1.54) is 19.3 Å². The molecule has 2 aliphatic heterocycles. The first-order chi connectivity index (χ1) is 7.81. The number of hydrogen-bond acceptors (Lipinski definition) is 4. The van der Waals surface area contributed by atoms with Crippen molar-refractivity contribution < 1.29 is 9.47 Å². The van der Waals surface area contributed by atoms with Gasteiger partial charge in [0.25, 0.3) is 0 Å². The Labute approximate surface area is 97.6 Å². The summed E-state index contributed by atoms with van der Waals surface area (Å²) in [5, 5.41) is 6.82. The summed E-state index contributed by atoms with van der Waals surface area (Å²) in [6.45, 7) is 4.82. The molecule has 16 heavy (non-hydrogen) atoms. The van der Waals surface area contributed by atoms with Crippen molar-refractivity contribution in [2.45, 2.75) is 38.6 Å². The van der Waals surface area contributed by atoms with Crippen LogP contribution in [0.5, 0.6) is 0 Å². The van der Waals surface area contributed by atoms with Crippen molar-refractivity contribution >= 4 is 5.90 Å². The fraction of sp³-hybridized carbons (Fsp3) is 0.917. The maximum atomic E-state index is 5.65. The van der Waals surface area contributed by atoms with E-state index >= 15 is 0 Å². The molecule has 2 saturated heterocycles. The predicted octanol–water partition coefficient (Wildman–Crippen LogP) is 1.86. The van der Waals surface area contributed by atoms with Gasteiger partial charge in [0, 0.05) is 19.6 Å². The largest absolute Gasteiger partial charge is 0.480 e. The van der Waals surface area contributed by atoms with Gasteiger partial charge in [0.1, 0.15) is 0 Å². The molecular weight excluding hydrogens is 204 g/mol. The number of methoxy groups -OCH3 is 1. The molecule has 0 saturated carbocycles. The van der Waals surface area contributed by atoms with Gasteiger partial charge in [-0.05, 0) is 25.7 Å². The highest BCUT2D eigenvalue weighted by Gasteiger charge is 2.26. The molecule has 92 valence electrons. The summed E-state index contributed by atoms with van der Waals surface area (Å²) in [7, 11) is 1.75. The van der Waals surface area contributed by atoms with Gasteiger partial charge in [0.2, 0.25) is 5.90 Å². The van der Waals surface area contributed by atoms with Gasteiger partial charge in [-0.15, -0.1) is 5.10 Å². The first-order valence-corrected chi connectivity index (χ1v) is 6.28. The van der Waals surface area contributed by atoms with E-state index < -0.39 is 0 Å². The van der Waals surface area contributed by atoms with Crippen LogP contribution in [0.2, 0.25) is 0 Å². The fourth-order valence-corrected chi connectivity index (χ4v) is 2.40. The summed E-state index contributed by atoms with van der Waals surface area (Å²) in [5.74, 6) is 1.40. The Hall–Kier alpha value is -0.770. The lowest BCUT2D eigenvalue weighted by atomic mass is 10.0. The third kappa shape index (κ3) is 2.67. The van der Waals surface area contributed by atoms with Crippen molar-refractivity contribution in [2.75, 3.05) is 26.9 Å². The molecule has 0 aliphatic carbocycles. The highest BCUT2D eigenvalue weighted by atomic mass is 16.5. The first kappa shape index (κ1) is 11.7. The lowest BCUT2D eigenvalue weighted by Crippen LogP contribution is -2.32. The molecule has 4 nitrogen and oxygen atoms in total. The quantitative estimate of drug-likeness (QED) is 0.736. The average molecular weight is 226 g/mol. The van der Waals surface area contributed by atoms with Gasteiger partial charge in [-0.3, -0.25) is 5.01 Å². The summed E-state index contributed by atoms with van der Waals surface area (Å²) in [6, 6.07) is 0.440. The molecule has 0 spiro atoms. The monoisotopic (exact) mass is 226 g/mol. The Kier molecular flexibility index (Phi) is 4.04. The van der Waals surface area contributed by atoms with Crippen molar-refractivity contribution in [2.24, 2.45) is 11.0 Å². The number of ether oxygens (including phenoxy) is 2. The third-order valence-electron chi connectivity index (χ3n) is 3.39. The van der Waals surface area contributed by atoms with Crippen LogP contribution in [-0.2, 0) is 9.47 Å². The van der Waals surface area contributed by atoms with Gasteiger partial charge in [0.15, 0.2) is 0 Å². The Morgan fingerprint density at radius 2 is 2.31 bits per heavy atom. The summed E-state index contributed by atoms with van der Waals surface area (Å²) in [6.07, 6.45) is 4.74. The molecule has 2 rings (SSSR count). The van der Waals surface area contributed by atoms with E-state index in [0.29, 0.717) is 12.0 Å². The lowest BCUT2D eigenvalue weighted by molar-refractivity contribution is 0.112. The van der Waals surface area contributed by atoms with Crippen molar-refractivity contribution in [3.8, 4) is 0 Å². The molecule has 0 aromatic heterocycles. The van der Waals surface area contributed by atoms with E-state index in [1.807, 2.05) is 0 Å². The van der Waals surface area contributed by atoms with Crippen molar-refractivity contribution in [1.82, 2.24) is 5.01 Å². The Morgan fingerprint density at radius 1 is 1.44 bits per heavy atom. The van der Waals surface area contributed by atoms with Crippen LogP contribution in [0.1, 0.15) is 32.6 Å². The van der Waals surface area contributed by atoms with E-state index in [-0.39, 0.29) is 0 Å². The van der Waals surface area contributed by atoms with Crippen LogP contribution in [0.4, 0.5) is 0 Å². The second-order valence-electron chi connectivity index (χ2n) is 4.74. The zero-order valence-electron chi connectivity index (χ0n) is 10.3. The summed E-state index contributed by atoms with van der Waals surface area (Å²) >= 11 is 0. The Bertz CT molecular complexity index is 255. The standard InChI is InChI=1S/C12H22N2O2/c1-10-5-4-8-16-12(10)13-14-7-3-6-11(14)9-15-2/h10-11H,3-9H2,1-2H3/b13-12-/t10-,11+/m1/s1. The van der Waals surface area contributed by atoms with Gasteiger partial charge >= 0.3 is 0 Å². The van der Waals surface area contributed by atoms with E-state index in [0.717, 1.165) is 32.1 Å². The first-order valence-electron chi connectivity index (χ1n) is 6.28. The molecular formula is C12H22N2O2. The van der Waals surface area contributed by atoms with Crippen LogP contribution in [0, 0.1) is 5.92 Å². The summed E-state index contributed by atoms with van der Waals surface area (Å²) in [5.41, 5.74) is 0. The number of hydrogen-bond donors (Lipinski definition) is 0. The Morgan fingerprint density at radius 3 is 3.06 bits per heavy atom. The zero-order chi connectivity index (χ0) is 11.4. The zero-order valence-corrected chi connectivity index (χ0v) is 10.3. The summed E-state index contributed by atoms with van der Waals surface area (Å²) in [4.78, 5) is 0. The van der Waals surface area contributed by atoms with Crippen LogP contribution < -0.4 is 0 Å². The van der Waals surface area contributed by atoms with Gasteiger partial charge < -0.3 is 9.47 Å². The maximum Gasteiger partial charge on any atom is 0.208 e. The molecule has 0 bridgehead atoms. The molecule has 2 fully saturated rings. The molecule has 0 radical (unpaired) electrons. The van der Waals surface area contributed by atoms with Crippen LogP contribution in [-0.4, -0.2) is 43.8 Å².